The maximum Gasteiger partial charge on any atom is 0.236 e. The van der Waals surface area contributed by atoms with Gasteiger partial charge in [-0.05, 0) is 43.7 Å². The third kappa shape index (κ3) is 6.26. The van der Waals surface area contributed by atoms with Crippen molar-refractivity contribution in [1.29, 1.82) is 5.41 Å². The second kappa shape index (κ2) is 12.8. The van der Waals surface area contributed by atoms with Gasteiger partial charge in [-0.2, -0.15) is 0 Å². The monoisotopic (exact) mass is 618 g/mol. The Kier molecular flexibility index (Phi) is 8.29. The highest BCUT2D eigenvalue weighted by atomic mass is 19.1. The van der Waals surface area contributed by atoms with Gasteiger partial charge in [0.25, 0.3) is 0 Å². The summed E-state index contributed by atoms with van der Waals surface area (Å²) in [6.07, 6.45) is 15.5. The molecule has 3 aliphatic rings. The molecule has 2 atom stereocenters. The van der Waals surface area contributed by atoms with Gasteiger partial charge in [-0.3, -0.25) is 25.0 Å². The predicted octanol–water partition coefficient (Wildman–Crippen LogP) is 3.30. The van der Waals surface area contributed by atoms with Crippen molar-refractivity contribution in [1.82, 2.24) is 39.6 Å². The summed E-state index contributed by atoms with van der Waals surface area (Å²) < 4.78 is 13.2. The number of halogens is 1. The molecule has 0 radical (unpaired) electrons. The molecule has 2 saturated heterocycles. The molecule has 7 rings (SSSR count). The Morgan fingerprint density at radius 3 is 2.54 bits per heavy atom. The molecule has 46 heavy (non-hydrogen) atoms. The van der Waals surface area contributed by atoms with Crippen LogP contribution in [0.4, 0.5) is 10.1 Å². The van der Waals surface area contributed by atoms with Crippen LogP contribution in [0.25, 0.3) is 16.5 Å². The van der Waals surface area contributed by atoms with Crippen LogP contribution in [0.3, 0.4) is 0 Å². The molecular formula is C34H35FN10O. The van der Waals surface area contributed by atoms with Crippen molar-refractivity contribution in [3.63, 3.8) is 0 Å². The van der Waals surface area contributed by atoms with E-state index in [0.717, 1.165) is 66.9 Å². The molecule has 1 aliphatic carbocycles. The summed E-state index contributed by atoms with van der Waals surface area (Å²) in [7, 11) is 0. The third-order valence-electron chi connectivity index (χ3n) is 9.10. The van der Waals surface area contributed by atoms with Crippen molar-refractivity contribution in [2.45, 2.75) is 24.8 Å². The normalized spacial score (nSPS) is 20.6. The minimum Gasteiger partial charge on any atom is -0.398 e. The molecule has 1 aromatic carbocycles. The van der Waals surface area contributed by atoms with Gasteiger partial charge >= 0.3 is 0 Å². The topological polar surface area (TPSA) is 141 Å². The van der Waals surface area contributed by atoms with Crippen LogP contribution in [0.5, 0.6) is 0 Å². The van der Waals surface area contributed by atoms with Gasteiger partial charge in [0.2, 0.25) is 5.91 Å². The largest absolute Gasteiger partial charge is 0.398 e. The van der Waals surface area contributed by atoms with E-state index < -0.39 is 5.82 Å². The van der Waals surface area contributed by atoms with E-state index in [1.807, 2.05) is 23.1 Å². The number of nitrogens with one attached hydrogen (secondary N) is 1. The van der Waals surface area contributed by atoms with E-state index in [2.05, 4.69) is 41.9 Å². The Morgan fingerprint density at radius 2 is 1.80 bits per heavy atom. The van der Waals surface area contributed by atoms with Crippen molar-refractivity contribution >= 4 is 33.8 Å². The van der Waals surface area contributed by atoms with Crippen molar-refractivity contribution in [2.24, 2.45) is 0 Å². The summed E-state index contributed by atoms with van der Waals surface area (Å²) in [5.41, 5.74) is 10.2. The van der Waals surface area contributed by atoms with Gasteiger partial charge in [0.15, 0.2) is 11.6 Å². The van der Waals surface area contributed by atoms with Gasteiger partial charge in [-0.15, -0.1) is 0 Å². The SMILES string of the molecule is N=C(c1ccncc1)c1cc2nc(C3CCN(CC(=O)N4CCN(C5C=CC(c6ncc(F)cn6)=CC5)CC4)C3)ncc2cc1N. The van der Waals surface area contributed by atoms with E-state index in [9.17, 15) is 9.18 Å². The molecule has 1 amide bonds. The van der Waals surface area contributed by atoms with Crippen LogP contribution in [0.2, 0.25) is 0 Å². The molecule has 2 aliphatic heterocycles. The fraction of sp³-hybridized carbons (Fsp3) is 0.324. The summed E-state index contributed by atoms with van der Waals surface area (Å²) >= 11 is 0. The number of carbonyl (C=O) groups excluding carboxylic acids is 1. The number of piperazine rings is 1. The van der Waals surface area contributed by atoms with E-state index in [-0.39, 0.29) is 17.9 Å². The molecule has 11 nitrogen and oxygen atoms in total. The third-order valence-corrected chi connectivity index (χ3v) is 9.10. The number of rotatable bonds is 7. The Hall–Kier alpha value is -4.94. The molecule has 0 saturated carbocycles. The van der Waals surface area contributed by atoms with E-state index in [4.69, 9.17) is 16.1 Å². The molecule has 0 spiro atoms. The van der Waals surface area contributed by atoms with Crippen LogP contribution in [0, 0.1) is 11.2 Å². The molecular weight excluding hydrogens is 583 g/mol. The number of fused-ring (bicyclic) bond motifs is 1. The predicted molar refractivity (Wildman–Crippen MR) is 174 cm³/mol. The average molecular weight is 619 g/mol. The first-order valence-electron chi connectivity index (χ1n) is 15.6. The maximum atomic E-state index is 13.3. The highest BCUT2D eigenvalue weighted by molar-refractivity contribution is 6.15. The first-order valence-corrected chi connectivity index (χ1v) is 15.6. The van der Waals surface area contributed by atoms with Crippen molar-refractivity contribution in [2.75, 3.05) is 51.5 Å². The number of nitrogen functional groups attached to an aromatic ring is 1. The molecule has 5 heterocycles. The molecule has 3 aromatic heterocycles. The summed E-state index contributed by atoms with van der Waals surface area (Å²) in [5.74, 6) is 1.13. The van der Waals surface area contributed by atoms with E-state index in [1.165, 1.54) is 12.4 Å². The lowest BCUT2D eigenvalue weighted by Gasteiger charge is -2.39. The zero-order chi connectivity index (χ0) is 31.6. The second-order valence-corrected chi connectivity index (χ2v) is 12.0. The van der Waals surface area contributed by atoms with Gasteiger partial charge < -0.3 is 10.6 Å². The first kappa shape index (κ1) is 29.8. The number of likely N-dealkylation sites (tertiary alicyclic amines) is 1. The van der Waals surface area contributed by atoms with Gasteiger partial charge in [0, 0.05) is 91.0 Å². The Morgan fingerprint density at radius 1 is 1.02 bits per heavy atom. The lowest BCUT2D eigenvalue weighted by atomic mass is 10.00. The number of carbonyl (C=O) groups is 1. The number of hydrogen-bond acceptors (Lipinski definition) is 10. The van der Waals surface area contributed by atoms with E-state index >= 15 is 0 Å². The Labute approximate surface area is 266 Å². The molecule has 4 aromatic rings. The summed E-state index contributed by atoms with van der Waals surface area (Å²) in [6, 6.07) is 7.54. The number of allylic oxidation sites excluding steroid dienone is 2. The van der Waals surface area contributed by atoms with Crippen LogP contribution in [0.15, 0.2) is 73.5 Å². The Balaban J connectivity index is 0.921. The lowest BCUT2D eigenvalue weighted by Crippen LogP contribution is -2.53. The van der Waals surface area contributed by atoms with Crippen molar-refractivity contribution in [3.8, 4) is 0 Å². The van der Waals surface area contributed by atoms with Crippen molar-refractivity contribution in [3.05, 3.63) is 102 Å². The summed E-state index contributed by atoms with van der Waals surface area (Å²) in [5, 5.41) is 9.51. The molecule has 3 N–H and O–H groups in total. The van der Waals surface area contributed by atoms with E-state index in [1.54, 1.807) is 30.7 Å². The number of benzene rings is 1. The smallest absolute Gasteiger partial charge is 0.236 e. The molecule has 234 valence electrons. The Bertz CT molecular complexity index is 1820. The fourth-order valence-electron chi connectivity index (χ4n) is 6.49. The van der Waals surface area contributed by atoms with Crippen LogP contribution in [0.1, 0.15) is 41.5 Å². The zero-order valence-electron chi connectivity index (χ0n) is 25.4. The lowest BCUT2D eigenvalue weighted by molar-refractivity contribution is -0.134. The second-order valence-electron chi connectivity index (χ2n) is 12.0. The first-order chi connectivity index (χ1) is 22.4. The van der Waals surface area contributed by atoms with E-state index in [0.29, 0.717) is 42.4 Å². The average Bonchev–Trinajstić information content (AvgIpc) is 3.57. The number of nitrogens with two attached hydrogens (primary N) is 1. The van der Waals surface area contributed by atoms with Crippen LogP contribution in [-0.4, -0.2) is 103 Å². The standard InChI is InChI=1S/C34H35FN10O/c35-26-18-40-33(41-19-26)23-1-3-27(4-2-23)44-11-13-45(14-12-44)31(46)21-43-10-7-24(20-43)34-39-17-25-15-29(36)28(16-30(25)42-34)32(37)22-5-8-38-9-6-22/h1-3,5-6,8-9,15-19,24,27,37H,4,7,10-14,20-21,36H2. The highest BCUT2D eigenvalue weighted by Gasteiger charge is 2.31. The van der Waals surface area contributed by atoms with Gasteiger partial charge in [-0.1, -0.05) is 18.2 Å². The molecule has 2 fully saturated rings. The van der Waals surface area contributed by atoms with Gasteiger partial charge in [0.05, 0.1) is 30.2 Å². The number of nitrogens with zero attached hydrogens (tertiary/aromatic N) is 8. The molecule has 12 heteroatoms. The van der Waals surface area contributed by atoms with Crippen LogP contribution in [-0.2, 0) is 4.79 Å². The van der Waals surface area contributed by atoms with Gasteiger partial charge in [-0.25, -0.2) is 24.3 Å². The minimum absolute atomic E-state index is 0.131. The number of anilines is 1. The quantitative estimate of drug-likeness (QED) is 0.236. The number of pyridine rings is 1. The number of amides is 1. The fourth-order valence-corrected chi connectivity index (χ4v) is 6.49. The number of hydrogen-bond donors (Lipinski definition) is 2. The van der Waals surface area contributed by atoms with Crippen molar-refractivity contribution < 1.29 is 9.18 Å². The highest BCUT2D eigenvalue weighted by Crippen LogP contribution is 2.28. The minimum atomic E-state index is -0.445. The summed E-state index contributed by atoms with van der Waals surface area (Å²) in [6.45, 7) is 4.96. The molecule has 0 bridgehead atoms. The van der Waals surface area contributed by atoms with Gasteiger partial charge in [0.1, 0.15) is 5.82 Å². The zero-order valence-corrected chi connectivity index (χ0v) is 25.4. The molecule has 2 unspecified atom stereocenters. The van der Waals surface area contributed by atoms with Crippen LogP contribution >= 0.6 is 0 Å². The number of aromatic nitrogens is 5. The van der Waals surface area contributed by atoms with Crippen LogP contribution < -0.4 is 5.73 Å². The summed E-state index contributed by atoms with van der Waals surface area (Å²) in [4.78, 5) is 41.6. The maximum absolute atomic E-state index is 13.3.